The highest BCUT2D eigenvalue weighted by Gasteiger charge is 2.28. The zero-order valence-corrected chi connectivity index (χ0v) is 12.0. The first-order valence-corrected chi connectivity index (χ1v) is 7.39. The minimum absolute atomic E-state index is 0.0481. The second-order valence-electron chi connectivity index (χ2n) is 5.71. The van der Waals surface area contributed by atoms with Gasteiger partial charge in [-0.1, -0.05) is 36.8 Å². The molecule has 3 atom stereocenters. The Morgan fingerprint density at radius 2 is 2.00 bits per heavy atom. The number of carbonyl (C=O) groups excluding carboxylic acids is 1. The van der Waals surface area contributed by atoms with Crippen molar-refractivity contribution in [2.75, 3.05) is 0 Å². The van der Waals surface area contributed by atoms with E-state index in [1.165, 1.54) is 0 Å². The first-order valence-electron chi connectivity index (χ1n) is 7.39. The standard InChI is InChI=1S/C16H22N2O3/c17-13-8-4-7-12(10-13)15(19)18-14(16(20)21)9-11-5-2-1-3-6-11/h1-3,5-6,12-14H,4,7-10,17H2,(H,18,19)(H,20,21)/t12?,13?,14-/m1/s1. The summed E-state index contributed by atoms with van der Waals surface area (Å²) >= 11 is 0. The topological polar surface area (TPSA) is 92.4 Å². The van der Waals surface area contributed by atoms with Gasteiger partial charge in [0.15, 0.2) is 0 Å². The molecule has 0 heterocycles. The number of nitrogens with two attached hydrogens (primary N) is 1. The number of hydrogen-bond donors (Lipinski definition) is 3. The van der Waals surface area contributed by atoms with E-state index in [4.69, 9.17) is 5.73 Å². The van der Waals surface area contributed by atoms with Crippen molar-refractivity contribution in [1.29, 1.82) is 0 Å². The Labute approximate surface area is 124 Å². The molecule has 0 spiro atoms. The summed E-state index contributed by atoms with van der Waals surface area (Å²) in [6.07, 6.45) is 3.59. The smallest absolute Gasteiger partial charge is 0.326 e. The average Bonchev–Trinajstić information content (AvgIpc) is 2.47. The molecule has 1 aromatic rings. The molecule has 0 radical (unpaired) electrons. The van der Waals surface area contributed by atoms with Crippen LogP contribution < -0.4 is 11.1 Å². The van der Waals surface area contributed by atoms with Gasteiger partial charge in [0.05, 0.1) is 0 Å². The van der Waals surface area contributed by atoms with E-state index in [1.807, 2.05) is 30.3 Å². The van der Waals surface area contributed by atoms with Crippen LogP contribution in [0.25, 0.3) is 0 Å². The van der Waals surface area contributed by atoms with E-state index in [9.17, 15) is 14.7 Å². The molecule has 4 N–H and O–H groups in total. The van der Waals surface area contributed by atoms with Crippen LogP contribution in [0, 0.1) is 5.92 Å². The first-order chi connectivity index (χ1) is 10.1. The van der Waals surface area contributed by atoms with Gasteiger partial charge in [-0.05, 0) is 24.8 Å². The minimum Gasteiger partial charge on any atom is -0.480 e. The summed E-state index contributed by atoms with van der Waals surface area (Å²) in [5.41, 5.74) is 6.77. The maximum Gasteiger partial charge on any atom is 0.326 e. The van der Waals surface area contributed by atoms with E-state index in [1.54, 1.807) is 0 Å². The fourth-order valence-electron chi connectivity index (χ4n) is 2.81. The number of benzene rings is 1. The zero-order valence-electron chi connectivity index (χ0n) is 12.0. The highest BCUT2D eigenvalue weighted by Crippen LogP contribution is 2.23. The Hall–Kier alpha value is -1.88. The van der Waals surface area contributed by atoms with Gasteiger partial charge < -0.3 is 16.2 Å². The molecule has 1 saturated carbocycles. The predicted molar refractivity (Wildman–Crippen MR) is 79.6 cm³/mol. The molecule has 1 amide bonds. The zero-order chi connectivity index (χ0) is 15.2. The average molecular weight is 290 g/mol. The summed E-state index contributed by atoms with van der Waals surface area (Å²) in [7, 11) is 0. The molecule has 21 heavy (non-hydrogen) atoms. The number of aliphatic carboxylic acids is 1. The normalized spacial score (nSPS) is 23.3. The van der Waals surface area contributed by atoms with Crippen molar-refractivity contribution in [3.63, 3.8) is 0 Å². The number of carboxylic acid groups (broad SMARTS) is 1. The fraction of sp³-hybridized carbons (Fsp3) is 0.500. The van der Waals surface area contributed by atoms with Gasteiger partial charge in [-0.25, -0.2) is 4.79 Å². The van der Waals surface area contributed by atoms with Crippen molar-refractivity contribution in [3.8, 4) is 0 Å². The van der Waals surface area contributed by atoms with Crippen molar-refractivity contribution >= 4 is 11.9 Å². The molecule has 0 aromatic heterocycles. The number of nitrogens with one attached hydrogen (secondary N) is 1. The monoisotopic (exact) mass is 290 g/mol. The Bertz CT molecular complexity index is 490. The van der Waals surface area contributed by atoms with Gasteiger partial charge in [0.1, 0.15) is 6.04 Å². The molecule has 0 bridgehead atoms. The van der Waals surface area contributed by atoms with E-state index in [2.05, 4.69) is 5.32 Å². The molecule has 2 rings (SSSR count). The summed E-state index contributed by atoms with van der Waals surface area (Å²) < 4.78 is 0. The molecule has 114 valence electrons. The Balaban J connectivity index is 1.96. The lowest BCUT2D eigenvalue weighted by Crippen LogP contribution is -2.46. The third kappa shape index (κ3) is 4.56. The molecule has 0 aliphatic heterocycles. The van der Waals surface area contributed by atoms with Gasteiger partial charge in [0, 0.05) is 18.4 Å². The fourth-order valence-corrected chi connectivity index (χ4v) is 2.81. The van der Waals surface area contributed by atoms with Gasteiger partial charge in [-0.3, -0.25) is 4.79 Å². The summed E-state index contributed by atoms with van der Waals surface area (Å²) in [6, 6.07) is 8.47. The van der Waals surface area contributed by atoms with Gasteiger partial charge in [-0.2, -0.15) is 0 Å². The van der Waals surface area contributed by atoms with Crippen LogP contribution in [0.4, 0.5) is 0 Å². The van der Waals surface area contributed by atoms with Gasteiger partial charge >= 0.3 is 5.97 Å². The maximum absolute atomic E-state index is 12.2. The van der Waals surface area contributed by atoms with Crippen molar-refractivity contribution in [2.45, 2.75) is 44.2 Å². The quantitative estimate of drug-likeness (QED) is 0.762. The van der Waals surface area contributed by atoms with Crippen LogP contribution in [0.5, 0.6) is 0 Å². The summed E-state index contributed by atoms with van der Waals surface area (Å²) in [5, 5.41) is 12.0. The number of carbonyl (C=O) groups is 2. The largest absolute Gasteiger partial charge is 0.480 e. The Kier molecular flexibility index (Phi) is 5.33. The van der Waals surface area contributed by atoms with Crippen LogP contribution in [0.2, 0.25) is 0 Å². The van der Waals surface area contributed by atoms with Crippen LogP contribution in [-0.2, 0) is 16.0 Å². The summed E-state index contributed by atoms with van der Waals surface area (Å²) in [6.45, 7) is 0. The van der Waals surface area contributed by atoms with Crippen LogP contribution >= 0.6 is 0 Å². The minimum atomic E-state index is -1.01. The van der Waals surface area contributed by atoms with E-state index >= 15 is 0 Å². The van der Waals surface area contributed by atoms with Crippen molar-refractivity contribution < 1.29 is 14.7 Å². The lowest BCUT2D eigenvalue weighted by atomic mass is 9.85. The molecule has 1 aliphatic rings. The van der Waals surface area contributed by atoms with Crippen molar-refractivity contribution in [3.05, 3.63) is 35.9 Å². The molecule has 5 nitrogen and oxygen atoms in total. The summed E-state index contributed by atoms with van der Waals surface area (Å²) in [4.78, 5) is 23.6. The molecule has 1 aromatic carbocycles. The molecule has 1 aliphatic carbocycles. The molecule has 5 heteroatoms. The molecule has 1 fully saturated rings. The lowest BCUT2D eigenvalue weighted by Gasteiger charge is -2.27. The van der Waals surface area contributed by atoms with E-state index in [0.29, 0.717) is 12.8 Å². The van der Waals surface area contributed by atoms with Crippen LogP contribution in [-0.4, -0.2) is 29.1 Å². The summed E-state index contributed by atoms with van der Waals surface area (Å²) in [5.74, 6) is -1.35. The number of rotatable bonds is 5. The number of amides is 1. The van der Waals surface area contributed by atoms with Gasteiger partial charge in [0.2, 0.25) is 5.91 Å². The highest BCUT2D eigenvalue weighted by atomic mass is 16.4. The van der Waals surface area contributed by atoms with Crippen LogP contribution in [0.3, 0.4) is 0 Å². The molecular formula is C16H22N2O3. The number of hydrogen-bond acceptors (Lipinski definition) is 3. The predicted octanol–water partition coefficient (Wildman–Crippen LogP) is 1.32. The third-order valence-electron chi connectivity index (χ3n) is 3.98. The molecular weight excluding hydrogens is 268 g/mol. The van der Waals surface area contributed by atoms with Crippen LogP contribution in [0.1, 0.15) is 31.2 Å². The molecule has 0 saturated heterocycles. The highest BCUT2D eigenvalue weighted by molar-refractivity contribution is 5.85. The van der Waals surface area contributed by atoms with E-state index in [0.717, 1.165) is 24.8 Å². The van der Waals surface area contributed by atoms with Gasteiger partial charge in [-0.15, -0.1) is 0 Å². The van der Waals surface area contributed by atoms with Crippen molar-refractivity contribution in [1.82, 2.24) is 5.32 Å². The molecule has 2 unspecified atom stereocenters. The van der Waals surface area contributed by atoms with E-state index in [-0.39, 0.29) is 17.9 Å². The van der Waals surface area contributed by atoms with Crippen LogP contribution in [0.15, 0.2) is 30.3 Å². The van der Waals surface area contributed by atoms with Gasteiger partial charge in [0.25, 0.3) is 0 Å². The maximum atomic E-state index is 12.2. The lowest BCUT2D eigenvalue weighted by molar-refractivity contribution is -0.142. The SMILES string of the molecule is NC1CCCC(C(=O)N[C@H](Cc2ccccc2)C(=O)O)C1. The van der Waals surface area contributed by atoms with E-state index < -0.39 is 12.0 Å². The Morgan fingerprint density at radius 3 is 2.62 bits per heavy atom. The third-order valence-corrected chi connectivity index (χ3v) is 3.98. The second kappa shape index (κ2) is 7.22. The first kappa shape index (κ1) is 15.5. The van der Waals surface area contributed by atoms with Crippen molar-refractivity contribution in [2.24, 2.45) is 11.7 Å². The Morgan fingerprint density at radius 1 is 1.29 bits per heavy atom. The number of carboxylic acids is 1. The second-order valence-corrected chi connectivity index (χ2v) is 5.71.